The van der Waals surface area contributed by atoms with E-state index in [1.807, 2.05) is 4.52 Å². The Hall–Kier alpha value is -0.560. The molecule has 1 heterocycles. The van der Waals surface area contributed by atoms with Crippen LogP contribution in [0.3, 0.4) is 0 Å². The molecule has 1 saturated heterocycles. The number of alkyl halides is 9. The third-order valence-electron chi connectivity index (χ3n) is 2.51. The van der Waals surface area contributed by atoms with E-state index in [0.717, 1.165) is 5.01 Å². The average molecular weight is 521 g/mol. The summed E-state index contributed by atoms with van der Waals surface area (Å²) >= 11 is -0.342. The first-order valence-electron chi connectivity index (χ1n) is 5.94. The first-order chi connectivity index (χ1) is 11.0. The van der Waals surface area contributed by atoms with Crippen LogP contribution >= 0.6 is 22.6 Å². The summed E-state index contributed by atoms with van der Waals surface area (Å²) in [5, 5.41) is -2.87. The minimum absolute atomic E-state index is 0.00565. The summed E-state index contributed by atoms with van der Waals surface area (Å²) in [5.41, 5.74) is 0. The second-order valence-electron chi connectivity index (χ2n) is 4.36. The Morgan fingerprint density at radius 1 is 0.960 bits per heavy atom. The fraction of sp³-hybridized carbons (Fsp3) is 1.00. The first kappa shape index (κ1) is 22.5. The van der Waals surface area contributed by atoms with Gasteiger partial charge in [0.1, 0.15) is 0 Å². The molecule has 7 nitrogen and oxygen atoms in total. The van der Waals surface area contributed by atoms with Crippen LogP contribution in [0.25, 0.3) is 0 Å². The SMILES string of the molecule is O=S(=O)(/N=N/N1CCOCC1)C(F)(F)C(F)(F)OC(F)(F)C(F)(F)I. The number of sulfonamides is 1. The van der Waals surface area contributed by atoms with Gasteiger partial charge in [-0.15, -0.1) is 0 Å². The summed E-state index contributed by atoms with van der Waals surface area (Å²) in [5.74, 6) is 0. The van der Waals surface area contributed by atoms with Crippen molar-refractivity contribution in [1.82, 2.24) is 5.01 Å². The highest BCUT2D eigenvalue weighted by molar-refractivity contribution is 14.1. The molecule has 1 rings (SSSR count). The van der Waals surface area contributed by atoms with Crippen molar-refractivity contribution in [2.24, 2.45) is 9.74 Å². The van der Waals surface area contributed by atoms with E-state index in [1.54, 1.807) is 0 Å². The molecule has 0 aromatic carbocycles. The summed E-state index contributed by atoms with van der Waals surface area (Å²) in [4.78, 5) is 0. The fourth-order valence-corrected chi connectivity index (χ4v) is 1.98. The largest absolute Gasteiger partial charge is 0.457 e. The van der Waals surface area contributed by atoms with Gasteiger partial charge in [-0.1, -0.05) is 5.22 Å². The summed E-state index contributed by atoms with van der Waals surface area (Å²) in [7, 11) is -6.55. The maximum absolute atomic E-state index is 13.4. The molecule has 0 spiro atoms. The lowest BCUT2D eigenvalue weighted by atomic mass is 10.5. The second kappa shape index (κ2) is 7.22. The molecule has 148 valence electrons. The topological polar surface area (TPSA) is 80.6 Å². The maximum atomic E-state index is 13.4. The van der Waals surface area contributed by atoms with Gasteiger partial charge in [0, 0.05) is 22.6 Å². The number of ether oxygens (including phenoxy) is 2. The van der Waals surface area contributed by atoms with Crippen molar-refractivity contribution in [1.29, 1.82) is 0 Å². The summed E-state index contributed by atoms with van der Waals surface area (Å²) < 4.78 is 130. The molecule has 17 heteroatoms. The van der Waals surface area contributed by atoms with Crippen molar-refractivity contribution in [3.05, 3.63) is 0 Å². The second-order valence-corrected chi connectivity index (χ2v) is 7.34. The molecule has 0 atom stereocenters. The molecule has 0 aliphatic carbocycles. The Kier molecular flexibility index (Phi) is 6.49. The van der Waals surface area contributed by atoms with Gasteiger partial charge in [-0.2, -0.15) is 43.5 Å². The van der Waals surface area contributed by atoms with Crippen LogP contribution in [0.15, 0.2) is 9.74 Å². The number of morpholine rings is 1. The van der Waals surface area contributed by atoms with Crippen LogP contribution in [0.2, 0.25) is 0 Å². The standard InChI is InChI=1S/C8H8F8IN3O4S/c9-5(10,17)6(11,12)24-7(13,14)8(15,16)25(21,22)19-18-20-1-3-23-4-2-20/h1-4H2/b19-18+. The van der Waals surface area contributed by atoms with E-state index < -0.39 is 31.4 Å². The summed E-state index contributed by atoms with van der Waals surface area (Å²) in [6.07, 6.45) is -12.6. The van der Waals surface area contributed by atoms with Gasteiger partial charge < -0.3 is 4.74 Å². The van der Waals surface area contributed by atoms with E-state index >= 15 is 0 Å². The lowest BCUT2D eigenvalue weighted by Gasteiger charge is -2.29. The number of nitrogens with zero attached hydrogens (tertiary/aromatic N) is 3. The van der Waals surface area contributed by atoms with Crippen molar-refractivity contribution < 1.29 is 53.0 Å². The summed E-state index contributed by atoms with van der Waals surface area (Å²) in [6, 6.07) is 0. The van der Waals surface area contributed by atoms with Crippen molar-refractivity contribution in [2.75, 3.05) is 26.3 Å². The van der Waals surface area contributed by atoms with Gasteiger partial charge in [-0.25, -0.2) is 4.74 Å². The molecule has 1 fully saturated rings. The fourth-order valence-electron chi connectivity index (χ4n) is 1.22. The van der Waals surface area contributed by atoms with Crippen LogP contribution < -0.4 is 0 Å². The highest BCUT2D eigenvalue weighted by atomic mass is 127. The minimum Gasteiger partial charge on any atom is -0.378 e. The molecule has 0 amide bonds. The monoisotopic (exact) mass is 521 g/mol. The van der Waals surface area contributed by atoms with Crippen LogP contribution in [0.1, 0.15) is 0 Å². The third kappa shape index (κ3) is 5.00. The lowest BCUT2D eigenvalue weighted by molar-refractivity contribution is -0.438. The summed E-state index contributed by atoms with van der Waals surface area (Å²) in [6.45, 7) is -0.218. The molecule has 1 aliphatic rings. The van der Waals surface area contributed by atoms with E-state index in [0.29, 0.717) is 0 Å². The van der Waals surface area contributed by atoms with E-state index in [-0.39, 0.29) is 48.9 Å². The van der Waals surface area contributed by atoms with Crippen molar-refractivity contribution in [2.45, 2.75) is 21.4 Å². The molecule has 25 heavy (non-hydrogen) atoms. The van der Waals surface area contributed by atoms with Gasteiger partial charge in [-0.3, -0.25) is 5.01 Å². The van der Waals surface area contributed by atoms with Gasteiger partial charge in [0.05, 0.1) is 26.3 Å². The molecular formula is C8H8F8IN3O4S. The van der Waals surface area contributed by atoms with Gasteiger partial charge >= 0.3 is 31.4 Å². The number of rotatable bonds is 7. The number of hydrogen-bond donors (Lipinski definition) is 0. The third-order valence-corrected chi connectivity index (χ3v) is 4.31. The molecule has 0 aromatic heterocycles. The lowest BCUT2D eigenvalue weighted by Crippen LogP contribution is -2.54. The van der Waals surface area contributed by atoms with E-state index in [2.05, 4.69) is 9.96 Å². The molecule has 0 bridgehead atoms. The van der Waals surface area contributed by atoms with E-state index in [4.69, 9.17) is 4.74 Å². The average Bonchev–Trinajstić information content (AvgIpc) is 2.43. The normalized spacial score (nSPS) is 18.8. The van der Waals surface area contributed by atoms with E-state index in [1.165, 1.54) is 0 Å². The Morgan fingerprint density at radius 2 is 1.44 bits per heavy atom. The number of halogens is 9. The highest BCUT2D eigenvalue weighted by Crippen LogP contribution is 2.49. The van der Waals surface area contributed by atoms with Crippen LogP contribution in [-0.4, -0.2) is 61.1 Å². The van der Waals surface area contributed by atoms with Gasteiger partial charge in [-0.05, 0) is 4.52 Å². The van der Waals surface area contributed by atoms with Crippen LogP contribution in [0.5, 0.6) is 0 Å². The molecule has 0 aromatic rings. The molecule has 1 aliphatic heterocycles. The Morgan fingerprint density at radius 3 is 1.88 bits per heavy atom. The van der Waals surface area contributed by atoms with Crippen LogP contribution in [0, 0.1) is 0 Å². The zero-order chi connectivity index (χ0) is 19.7. The Balaban J connectivity index is 3.04. The van der Waals surface area contributed by atoms with Gasteiger partial charge in [0.2, 0.25) is 0 Å². The molecule has 0 saturated carbocycles. The maximum Gasteiger partial charge on any atom is 0.457 e. The Bertz CT molecular complexity index is 605. The van der Waals surface area contributed by atoms with Gasteiger partial charge in [0.25, 0.3) is 0 Å². The highest BCUT2D eigenvalue weighted by Gasteiger charge is 2.74. The van der Waals surface area contributed by atoms with Crippen molar-refractivity contribution in [3.8, 4) is 0 Å². The Labute approximate surface area is 148 Å². The molecule has 0 unspecified atom stereocenters. The quantitative estimate of drug-likeness (QED) is 0.223. The smallest absolute Gasteiger partial charge is 0.378 e. The zero-order valence-corrected chi connectivity index (χ0v) is 14.6. The van der Waals surface area contributed by atoms with E-state index in [9.17, 15) is 43.5 Å². The molecule has 0 radical (unpaired) electrons. The van der Waals surface area contributed by atoms with Crippen molar-refractivity contribution in [3.63, 3.8) is 0 Å². The predicted octanol–water partition coefficient (Wildman–Crippen LogP) is 2.84. The molecule has 0 N–H and O–H groups in total. The van der Waals surface area contributed by atoms with Crippen LogP contribution in [-0.2, 0) is 19.5 Å². The number of hydrogen-bond acceptors (Lipinski definition) is 5. The zero-order valence-electron chi connectivity index (χ0n) is 11.6. The van der Waals surface area contributed by atoms with Crippen molar-refractivity contribution >= 4 is 32.6 Å². The van der Waals surface area contributed by atoms with Gasteiger partial charge in [0.15, 0.2) is 0 Å². The minimum atomic E-state index is -6.55. The molecular weight excluding hydrogens is 513 g/mol. The van der Waals surface area contributed by atoms with Crippen LogP contribution in [0.4, 0.5) is 35.1 Å². The predicted molar refractivity (Wildman–Crippen MR) is 71.1 cm³/mol. The first-order valence-corrected chi connectivity index (χ1v) is 8.46.